The van der Waals surface area contributed by atoms with E-state index in [1.165, 1.54) is 14.0 Å². The number of aliphatic hydroxyl groups excluding tert-OH is 7. The Morgan fingerprint density at radius 2 is 1.28 bits per heavy atom. The van der Waals surface area contributed by atoms with Crippen LogP contribution in [0.3, 0.4) is 0 Å². The summed E-state index contributed by atoms with van der Waals surface area (Å²) in [7, 11) is 3.08. The Hall–Kier alpha value is -2.60. The molecule has 23 heteroatoms. The zero-order valence-electron chi connectivity index (χ0n) is 46.5. The van der Waals surface area contributed by atoms with Gasteiger partial charge in [-0.3, -0.25) is 4.79 Å². The molecule has 0 radical (unpaired) electrons. The van der Waals surface area contributed by atoms with Crippen molar-refractivity contribution in [2.45, 2.75) is 246 Å². The Balaban J connectivity index is 0.791. The highest BCUT2D eigenvalue weighted by molar-refractivity contribution is 5.89. The Labute approximate surface area is 460 Å². The summed E-state index contributed by atoms with van der Waals surface area (Å²) in [6, 6.07) is 8.57. The summed E-state index contributed by atoms with van der Waals surface area (Å²) in [5, 5.41) is 98.8. The van der Waals surface area contributed by atoms with Gasteiger partial charge in [-0.15, -0.1) is 0 Å². The van der Waals surface area contributed by atoms with E-state index in [0.717, 1.165) is 25.7 Å². The number of hydrogen-bond donors (Lipinski definition) is 9. The molecule has 8 fully saturated rings. The number of aliphatic hydroxyl groups is 9. The average Bonchev–Trinajstić information content (AvgIpc) is 2.68. The van der Waals surface area contributed by atoms with Gasteiger partial charge in [0.2, 0.25) is 0 Å². The summed E-state index contributed by atoms with van der Waals surface area (Å²) in [6.45, 7) is 9.51. The highest BCUT2D eigenvalue weighted by Crippen LogP contribution is 2.71. The molecule has 4 aliphatic carbocycles. The second-order valence-electron chi connectivity index (χ2n) is 24.1. The average molecular weight is 1130 g/mol. The fourth-order valence-electron chi connectivity index (χ4n) is 15.4. The van der Waals surface area contributed by atoms with Crippen LogP contribution in [0.1, 0.15) is 116 Å². The molecule has 0 spiro atoms. The van der Waals surface area contributed by atoms with Crippen molar-refractivity contribution >= 4 is 11.9 Å². The standard InChI is InChI=1S/C56H86O23/c1-26-48(78-41-23-36(69-8)49(27(2)72-41)79-52-47(64)45(62)43(60)38(77-52)25-70-51-46(63)44(61)42(59)37(24-57)76-51)35(68-7)22-40(71-26)75-32-16-17-53(5)31(20-32)14-15-33-34(53)21-39(74-29(4)58)54(6)55(66,18-19-56(33,54)67)28(3)73-50(65)30-12-10-9-11-13-30/h9-13,26-28,31-49,51-52,57,59-64,66-67H,14-25H2,1-8H3. The Bertz CT molecular complexity index is 2210. The maximum Gasteiger partial charge on any atom is 0.338 e. The van der Waals surface area contributed by atoms with E-state index in [2.05, 4.69) is 6.92 Å². The highest BCUT2D eigenvalue weighted by Gasteiger charge is 2.77. The second-order valence-corrected chi connectivity index (χ2v) is 24.1. The van der Waals surface area contributed by atoms with Crippen molar-refractivity contribution < 1.29 is 112 Å². The number of fused-ring (bicyclic) bond motifs is 5. The van der Waals surface area contributed by atoms with E-state index < -0.39 is 165 Å². The van der Waals surface area contributed by atoms with Crippen LogP contribution in [0.4, 0.5) is 0 Å². The number of carbonyl (C=O) groups is 2. The van der Waals surface area contributed by atoms with E-state index >= 15 is 0 Å². The molecule has 4 aliphatic heterocycles. The lowest BCUT2D eigenvalue weighted by Gasteiger charge is -2.66. The summed E-state index contributed by atoms with van der Waals surface area (Å²) in [5.41, 5.74) is -4.36. The first kappa shape index (κ1) is 61.0. The third-order valence-corrected chi connectivity index (χ3v) is 20.1. The first-order chi connectivity index (χ1) is 37.4. The molecule has 8 aliphatic rings. The van der Waals surface area contributed by atoms with Crippen molar-refractivity contribution in [2.75, 3.05) is 27.4 Å². The first-order valence-electron chi connectivity index (χ1n) is 28.2. The van der Waals surface area contributed by atoms with Crippen LogP contribution in [0.2, 0.25) is 0 Å². The van der Waals surface area contributed by atoms with Gasteiger partial charge < -0.3 is 103 Å². The first-order valence-corrected chi connectivity index (χ1v) is 28.2. The normalized spacial score (nSPS) is 49.4. The van der Waals surface area contributed by atoms with Gasteiger partial charge in [-0.25, -0.2) is 4.79 Å². The fourth-order valence-corrected chi connectivity index (χ4v) is 15.4. The Kier molecular flexibility index (Phi) is 18.7. The van der Waals surface area contributed by atoms with Gasteiger partial charge >= 0.3 is 11.9 Å². The lowest BCUT2D eigenvalue weighted by atomic mass is 9.42. The van der Waals surface area contributed by atoms with Gasteiger partial charge in [-0.05, 0) is 107 Å². The monoisotopic (exact) mass is 1130 g/mol. The molecule has 79 heavy (non-hydrogen) atoms. The zero-order chi connectivity index (χ0) is 57.1. The summed E-state index contributed by atoms with van der Waals surface area (Å²) in [4.78, 5) is 26.2. The maximum atomic E-state index is 13.3. The molecule has 4 heterocycles. The summed E-state index contributed by atoms with van der Waals surface area (Å²) >= 11 is 0. The lowest BCUT2D eigenvalue weighted by molar-refractivity contribution is -0.360. The number of rotatable bonds is 16. The van der Waals surface area contributed by atoms with Crippen LogP contribution in [0.25, 0.3) is 0 Å². The summed E-state index contributed by atoms with van der Waals surface area (Å²) in [6.07, 6.45) is -18.0. The molecule has 448 valence electrons. The molecule has 9 N–H and O–H groups in total. The molecular formula is C56H86O23. The lowest BCUT2D eigenvalue weighted by Crippen LogP contribution is -2.72. The third-order valence-electron chi connectivity index (χ3n) is 20.1. The molecule has 0 amide bonds. The Morgan fingerprint density at radius 1 is 0.684 bits per heavy atom. The second kappa shape index (κ2) is 24.2. The smallest absolute Gasteiger partial charge is 0.338 e. The van der Waals surface area contributed by atoms with Crippen LogP contribution < -0.4 is 0 Å². The predicted molar refractivity (Wildman–Crippen MR) is 271 cm³/mol. The van der Waals surface area contributed by atoms with Crippen LogP contribution in [-0.2, 0) is 61.6 Å². The predicted octanol–water partition coefficient (Wildman–Crippen LogP) is 0.742. The molecule has 9 rings (SSSR count). The van der Waals surface area contributed by atoms with E-state index in [1.807, 2.05) is 13.8 Å². The molecule has 28 atom stereocenters. The van der Waals surface area contributed by atoms with E-state index in [9.17, 15) is 55.5 Å². The van der Waals surface area contributed by atoms with Gasteiger partial charge in [-0.1, -0.05) is 32.0 Å². The SMILES string of the molecule is COC1CC(OC2CCC3(C)C(CCC4C3CC(OC(C)=O)C3(C)C(O)(C(C)OC(=O)c5ccccc5)CCC43O)C2)OC(C)C1OC1CC(OC)C(OC2OC(COC3OC(CO)C(O)C(O)C3O)C(O)C(O)C2O)C(C)O1. The van der Waals surface area contributed by atoms with Crippen molar-refractivity contribution in [1.82, 2.24) is 0 Å². The molecular weight excluding hydrogens is 1040 g/mol. The molecule has 4 saturated heterocycles. The van der Waals surface area contributed by atoms with Crippen molar-refractivity contribution in [1.29, 1.82) is 0 Å². The largest absolute Gasteiger partial charge is 0.462 e. The van der Waals surface area contributed by atoms with Crippen LogP contribution in [0, 0.1) is 28.6 Å². The van der Waals surface area contributed by atoms with Crippen LogP contribution >= 0.6 is 0 Å². The number of carbonyl (C=O) groups excluding carboxylic acids is 2. The number of benzene rings is 1. The maximum absolute atomic E-state index is 13.3. The topological polar surface area (TPSA) is 327 Å². The van der Waals surface area contributed by atoms with E-state index in [4.69, 9.17) is 56.8 Å². The summed E-state index contributed by atoms with van der Waals surface area (Å²) < 4.78 is 73.3. The van der Waals surface area contributed by atoms with E-state index in [-0.39, 0.29) is 48.5 Å². The van der Waals surface area contributed by atoms with Gasteiger partial charge in [0.05, 0.1) is 60.3 Å². The van der Waals surface area contributed by atoms with Gasteiger partial charge in [0.1, 0.15) is 78.8 Å². The van der Waals surface area contributed by atoms with Gasteiger partial charge in [-0.2, -0.15) is 0 Å². The number of esters is 2. The third kappa shape index (κ3) is 11.2. The van der Waals surface area contributed by atoms with Crippen molar-refractivity contribution in [3.8, 4) is 0 Å². The van der Waals surface area contributed by atoms with Crippen molar-refractivity contribution in [3.05, 3.63) is 35.9 Å². The highest BCUT2D eigenvalue weighted by atomic mass is 16.8. The van der Waals surface area contributed by atoms with Gasteiger partial charge in [0, 0.05) is 34.0 Å². The zero-order valence-corrected chi connectivity index (χ0v) is 46.5. The quantitative estimate of drug-likeness (QED) is 0.0814. The van der Waals surface area contributed by atoms with Crippen LogP contribution in [0.5, 0.6) is 0 Å². The van der Waals surface area contributed by atoms with E-state index in [0.29, 0.717) is 24.8 Å². The number of ether oxygens (including phenoxy) is 12. The minimum Gasteiger partial charge on any atom is -0.462 e. The minimum atomic E-state index is -1.76. The molecule has 23 nitrogen and oxygen atoms in total. The van der Waals surface area contributed by atoms with Crippen molar-refractivity contribution in [2.24, 2.45) is 28.6 Å². The molecule has 4 saturated carbocycles. The van der Waals surface area contributed by atoms with Gasteiger partial charge in [0.15, 0.2) is 25.2 Å². The molecule has 1 aromatic carbocycles. The molecule has 28 unspecified atom stereocenters. The van der Waals surface area contributed by atoms with Gasteiger partial charge in [0.25, 0.3) is 0 Å². The number of methoxy groups -OCH3 is 2. The minimum absolute atomic E-state index is 0.0347. The van der Waals surface area contributed by atoms with Crippen LogP contribution in [-0.4, -0.2) is 225 Å². The van der Waals surface area contributed by atoms with Crippen molar-refractivity contribution in [3.63, 3.8) is 0 Å². The Morgan fingerprint density at radius 3 is 1.90 bits per heavy atom. The van der Waals surface area contributed by atoms with E-state index in [1.54, 1.807) is 51.3 Å². The van der Waals surface area contributed by atoms with Crippen LogP contribution in [0.15, 0.2) is 30.3 Å². The number of hydrogen-bond acceptors (Lipinski definition) is 23. The molecule has 0 bridgehead atoms. The summed E-state index contributed by atoms with van der Waals surface area (Å²) in [5.74, 6) is -1.11. The molecule has 0 aromatic heterocycles. The fraction of sp³-hybridized carbons (Fsp3) is 0.857. The molecule has 1 aromatic rings.